The maximum Gasteiger partial charge on any atom is 0.235 e. The SMILES string of the molecule is c1ccc(-n2c3ccccc3c3c4c5ccccc5n(-c5nc(-c6cccc([Si](c7ccccc7)(c7ccccc7)c7ccccc7)c6)c6ccccc6n5)c4ccc32)cc1. The minimum absolute atomic E-state index is 0.647. The number of hydrogen-bond donors (Lipinski definition) is 0. The molecule has 286 valence electrons. The molecule has 4 nitrogen and oxygen atoms in total. The summed E-state index contributed by atoms with van der Waals surface area (Å²) >= 11 is 0. The lowest BCUT2D eigenvalue weighted by Gasteiger charge is -2.34. The first kappa shape index (κ1) is 35.1. The van der Waals surface area contributed by atoms with E-state index in [1.807, 2.05) is 0 Å². The summed E-state index contributed by atoms with van der Waals surface area (Å²) in [5.41, 5.74) is 8.50. The highest BCUT2D eigenvalue weighted by atomic mass is 28.3. The molecular weight excluding hydrogens is 757 g/mol. The summed E-state index contributed by atoms with van der Waals surface area (Å²) in [6.45, 7) is 0. The van der Waals surface area contributed by atoms with Crippen molar-refractivity contribution in [1.82, 2.24) is 19.1 Å². The van der Waals surface area contributed by atoms with Crippen LogP contribution >= 0.6 is 0 Å². The Morgan fingerprint density at radius 2 is 0.787 bits per heavy atom. The van der Waals surface area contributed by atoms with Crippen LogP contribution in [-0.4, -0.2) is 27.2 Å². The number of nitrogens with zero attached hydrogens (tertiary/aromatic N) is 4. The van der Waals surface area contributed by atoms with Gasteiger partial charge in [-0.25, -0.2) is 9.97 Å². The molecular formula is C56H38N4Si. The molecule has 0 spiro atoms. The molecule has 0 saturated heterocycles. The van der Waals surface area contributed by atoms with Gasteiger partial charge in [0.2, 0.25) is 5.95 Å². The largest absolute Gasteiger partial charge is 0.309 e. The van der Waals surface area contributed by atoms with Crippen molar-refractivity contribution in [3.05, 3.63) is 231 Å². The van der Waals surface area contributed by atoms with Crippen LogP contribution in [0.4, 0.5) is 0 Å². The van der Waals surface area contributed by atoms with Gasteiger partial charge in [-0.05, 0) is 63.2 Å². The van der Waals surface area contributed by atoms with Crippen LogP contribution in [0.5, 0.6) is 0 Å². The number of para-hydroxylation sites is 4. The molecule has 0 aliphatic carbocycles. The first-order valence-electron chi connectivity index (χ1n) is 20.8. The smallest absolute Gasteiger partial charge is 0.235 e. The summed E-state index contributed by atoms with van der Waals surface area (Å²) in [6.07, 6.45) is 0. The first-order chi connectivity index (χ1) is 30.3. The van der Waals surface area contributed by atoms with E-state index in [-0.39, 0.29) is 0 Å². The fraction of sp³-hybridized carbons (Fsp3) is 0. The quantitative estimate of drug-likeness (QED) is 0.119. The predicted molar refractivity (Wildman–Crippen MR) is 257 cm³/mol. The normalized spacial score (nSPS) is 11.9. The van der Waals surface area contributed by atoms with Gasteiger partial charge in [-0.15, -0.1) is 0 Å². The minimum atomic E-state index is -2.79. The van der Waals surface area contributed by atoms with Gasteiger partial charge in [0.1, 0.15) is 0 Å². The highest BCUT2D eigenvalue weighted by molar-refractivity contribution is 7.19. The summed E-state index contributed by atoms with van der Waals surface area (Å²) < 4.78 is 4.66. The van der Waals surface area contributed by atoms with Gasteiger partial charge in [0, 0.05) is 38.2 Å². The third-order valence-electron chi connectivity index (χ3n) is 12.5. The second-order valence-electron chi connectivity index (χ2n) is 15.7. The zero-order valence-electron chi connectivity index (χ0n) is 33.2. The van der Waals surface area contributed by atoms with E-state index in [1.165, 1.54) is 53.3 Å². The van der Waals surface area contributed by atoms with Crippen molar-refractivity contribution in [2.24, 2.45) is 0 Å². The van der Waals surface area contributed by atoms with Gasteiger partial charge in [0.25, 0.3) is 0 Å². The van der Waals surface area contributed by atoms with Gasteiger partial charge in [-0.3, -0.25) is 4.57 Å². The zero-order valence-corrected chi connectivity index (χ0v) is 34.2. The molecule has 0 atom stereocenters. The number of benzene rings is 9. The molecule has 5 heteroatoms. The van der Waals surface area contributed by atoms with Crippen molar-refractivity contribution < 1.29 is 0 Å². The van der Waals surface area contributed by atoms with E-state index >= 15 is 0 Å². The second-order valence-corrected chi connectivity index (χ2v) is 19.5. The molecule has 0 unspecified atom stereocenters. The van der Waals surface area contributed by atoms with E-state index in [4.69, 9.17) is 9.97 Å². The molecule has 3 heterocycles. The van der Waals surface area contributed by atoms with Gasteiger partial charge in [0.15, 0.2) is 8.07 Å². The van der Waals surface area contributed by atoms with Crippen LogP contribution < -0.4 is 20.7 Å². The molecule has 12 aromatic rings. The topological polar surface area (TPSA) is 35.6 Å². The molecule has 0 bridgehead atoms. The Kier molecular flexibility index (Phi) is 8.15. The van der Waals surface area contributed by atoms with Crippen LogP contribution in [0.3, 0.4) is 0 Å². The summed E-state index contributed by atoms with van der Waals surface area (Å²) in [5.74, 6) is 0.647. The second kappa shape index (κ2) is 14.2. The first-order valence-corrected chi connectivity index (χ1v) is 22.8. The van der Waals surface area contributed by atoms with E-state index in [1.54, 1.807) is 0 Å². The van der Waals surface area contributed by atoms with Crippen molar-refractivity contribution in [2.45, 2.75) is 0 Å². The molecule has 61 heavy (non-hydrogen) atoms. The van der Waals surface area contributed by atoms with Crippen LogP contribution in [0.25, 0.3) is 77.4 Å². The van der Waals surface area contributed by atoms with Crippen molar-refractivity contribution in [3.63, 3.8) is 0 Å². The summed E-state index contributed by atoms with van der Waals surface area (Å²) in [5, 5.41) is 11.1. The Hall–Kier alpha value is -7.86. The van der Waals surface area contributed by atoms with Crippen molar-refractivity contribution in [3.8, 4) is 22.9 Å². The van der Waals surface area contributed by atoms with E-state index in [2.05, 4.69) is 240 Å². The Morgan fingerprint density at radius 1 is 0.328 bits per heavy atom. The summed E-state index contributed by atoms with van der Waals surface area (Å²) in [6, 6.07) is 83.6. The monoisotopic (exact) mass is 794 g/mol. The third kappa shape index (κ3) is 5.38. The molecule has 0 fully saturated rings. The maximum absolute atomic E-state index is 5.61. The standard InChI is InChI=1S/C56H38N4Si/c1-5-21-40(22-6-1)59-49-34-17-14-31-46(49)53-51(59)36-37-52-54(53)47-32-15-18-35-50(47)60(52)56-57-48-33-16-13-30-45(48)55(58-56)39-20-19-29-44(38-39)61(41-23-7-2-8-24-41,42-25-9-3-10-26-42)43-27-11-4-12-28-43/h1-38H. The lowest BCUT2D eigenvalue weighted by Crippen LogP contribution is -2.74. The molecule has 0 aliphatic heterocycles. The van der Waals surface area contributed by atoms with E-state index in [9.17, 15) is 0 Å². The molecule has 0 N–H and O–H groups in total. The van der Waals surface area contributed by atoms with Crippen molar-refractivity contribution in [1.29, 1.82) is 0 Å². The van der Waals surface area contributed by atoms with E-state index in [0.717, 1.165) is 38.9 Å². The van der Waals surface area contributed by atoms with Gasteiger partial charge in [-0.2, -0.15) is 0 Å². The number of aromatic nitrogens is 4. The fourth-order valence-electron chi connectivity index (χ4n) is 9.94. The number of fused-ring (bicyclic) bond motifs is 8. The van der Waals surface area contributed by atoms with E-state index in [0.29, 0.717) is 5.95 Å². The van der Waals surface area contributed by atoms with Crippen molar-refractivity contribution >= 4 is 83.3 Å². The summed E-state index contributed by atoms with van der Waals surface area (Å²) in [4.78, 5) is 11.0. The third-order valence-corrected chi connectivity index (χ3v) is 17.2. The van der Waals surface area contributed by atoms with Gasteiger partial charge in [-0.1, -0.05) is 188 Å². The van der Waals surface area contributed by atoms with Crippen LogP contribution in [0.15, 0.2) is 231 Å². The Bertz CT molecular complexity index is 3480. The minimum Gasteiger partial charge on any atom is -0.309 e. The highest BCUT2D eigenvalue weighted by Gasteiger charge is 2.41. The molecule has 9 aromatic carbocycles. The molecule has 3 aromatic heterocycles. The number of hydrogen-bond acceptors (Lipinski definition) is 2. The number of rotatable bonds is 7. The average Bonchev–Trinajstić information content (AvgIpc) is 3.86. The van der Waals surface area contributed by atoms with Crippen LogP contribution in [0.2, 0.25) is 0 Å². The molecule has 0 radical (unpaired) electrons. The van der Waals surface area contributed by atoms with Crippen LogP contribution in [-0.2, 0) is 0 Å². The highest BCUT2D eigenvalue weighted by Crippen LogP contribution is 2.42. The molecule has 0 saturated carbocycles. The molecule has 12 rings (SSSR count). The van der Waals surface area contributed by atoms with Gasteiger partial charge < -0.3 is 4.57 Å². The van der Waals surface area contributed by atoms with Gasteiger partial charge >= 0.3 is 0 Å². The molecule has 0 aliphatic rings. The van der Waals surface area contributed by atoms with Gasteiger partial charge in [0.05, 0.1) is 33.3 Å². The predicted octanol–water partition coefficient (Wildman–Crippen LogP) is 10.9. The maximum atomic E-state index is 5.61. The Morgan fingerprint density at radius 3 is 1.38 bits per heavy atom. The lowest BCUT2D eigenvalue weighted by molar-refractivity contribution is 1.01. The zero-order chi connectivity index (χ0) is 40.3. The Balaban J connectivity index is 1.13. The van der Waals surface area contributed by atoms with Crippen LogP contribution in [0, 0.1) is 0 Å². The fourth-order valence-corrected chi connectivity index (χ4v) is 14.7. The lowest BCUT2D eigenvalue weighted by atomic mass is 10.1. The Labute approximate surface area is 354 Å². The summed E-state index contributed by atoms with van der Waals surface area (Å²) in [7, 11) is -2.79. The molecule has 0 amide bonds. The van der Waals surface area contributed by atoms with Crippen LogP contribution in [0.1, 0.15) is 0 Å². The van der Waals surface area contributed by atoms with E-state index < -0.39 is 8.07 Å². The van der Waals surface area contributed by atoms with Crippen molar-refractivity contribution in [2.75, 3.05) is 0 Å². The average molecular weight is 795 g/mol.